The first-order chi connectivity index (χ1) is 19.0. The second-order valence-corrected chi connectivity index (χ2v) is 10.2. The van der Waals surface area contributed by atoms with E-state index in [1.165, 1.54) is 10.6 Å². The summed E-state index contributed by atoms with van der Waals surface area (Å²) in [7, 11) is 0. The van der Waals surface area contributed by atoms with Crippen molar-refractivity contribution in [2.75, 3.05) is 24.6 Å². The molecule has 6 rings (SSSR count). The van der Waals surface area contributed by atoms with Crippen molar-refractivity contribution in [3.8, 4) is 16.9 Å². The van der Waals surface area contributed by atoms with E-state index in [1.807, 2.05) is 0 Å². The molecule has 0 aliphatic carbocycles. The summed E-state index contributed by atoms with van der Waals surface area (Å²) < 4.78 is 79.0. The maximum Gasteiger partial charge on any atom is 0.417 e. The van der Waals surface area contributed by atoms with Crippen LogP contribution in [0.1, 0.15) is 18.4 Å². The van der Waals surface area contributed by atoms with Gasteiger partial charge in [0.05, 0.1) is 35.8 Å². The third kappa shape index (κ3) is 4.10. The van der Waals surface area contributed by atoms with E-state index in [0.717, 1.165) is 18.2 Å². The highest BCUT2D eigenvalue weighted by Crippen LogP contribution is 2.49. The number of piperazine rings is 1. The number of hydrogen-bond acceptors (Lipinski definition) is 6. The van der Waals surface area contributed by atoms with E-state index in [0.29, 0.717) is 6.07 Å². The van der Waals surface area contributed by atoms with Crippen molar-refractivity contribution in [1.82, 2.24) is 14.5 Å². The van der Waals surface area contributed by atoms with Gasteiger partial charge in [0.15, 0.2) is 5.75 Å². The van der Waals surface area contributed by atoms with Crippen LogP contribution in [-0.2, 0) is 17.5 Å². The number of ether oxygens (including phenoxy) is 1. The number of aliphatic hydroxyl groups is 1. The number of carbonyl (C=O) groups excluding carboxylic acids is 1. The smallest absolute Gasteiger partial charge is 0.417 e. The van der Waals surface area contributed by atoms with Gasteiger partial charge in [-0.2, -0.15) is 18.2 Å². The van der Waals surface area contributed by atoms with E-state index in [1.54, 1.807) is 9.80 Å². The fourth-order valence-corrected chi connectivity index (χ4v) is 6.20. The number of nitrogens with zero attached hydrogens (tertiary/aromatic N) is 4. The highest BCUT2D eigenvalue weighted by molar-refractivity contribution is 6.01. The molecule has 0 radical (unpaired) electrons. The number of piperidine rings is 1. The van der Waals surface area contributed by atoms with E-state index in [-0.39, 0.29) is 67.5 Å². The molecule has 1 amide bonds. The first kappa shape index (κ1) is 26.2. The molecule has 8 nitrogen and oxygen atoms in total. The molecule has 13 heteroatoms. The number of hydrogen-bond donors (Lipinski definition) is 1. The van der Waals surface area contributed by atoms with Crippen LogP contribution in [0.4, 0.5) is 27.8 Å². The Kier molecular flexibility index (Phi) is 6.09. The average Bonchev–Trinajstić information content (AvgIpc) is 2.88. The summed E-state index contributed by atoms with van der Waals surface area (Å²) in [4.78, 5) is 33.1. The number of aromatic nitrogens is 2. The monoisotopic (exact) mass is 562 g/mol. The predicted octanol–water partition coefficient (Wildman–Crippen LogP) is 3.48. The van der Waals surface area contributed by atoms with Gasteiger partial charge in [0.1, 0.15) is 24.1 Å². The lowest BCUT2D eigenvalue weighted by atomic mass is 9.88. The van der Waals surface area contributed by atoms with Crippen LogP contribution in [0.25, 0.3) is 22.0 Å². The molecule has 3 aromatic rings. The number of halogens is 5. The molecule has 2 saturated heterocycles. The zero-order chi connectivity index (χ0) is 28.5. The van der Waals surface area contributed by atoms with Crippen molar-refractivity contribution in [3.63, 3.8) is 0 Å². The van der Waals surface area contributed by atoms with Gasteiger partial charge >= 0.3 is 11.9 Å². The molecular formula is C27H23F5N4O4. The molecule has 1 aromatic heterocycles. The maximum absolute atomic E-state index is 14.9. The number of alkyl halides is 3. The summed E-state index contributed by atoms with van der Waals surface area (Å²) in [5.41, 5.74) is -3.10. The van der Waals surface area contributed by atoms with E-state index < -0.39 is 58.4 Å². The summed E-state index contributed by atoms with van der Waals surface area (Å²) in [5, 5.41) is 10.3. The Morgan fingerprint density at radius 3 is 2.48 bits per heavy atom. The Labute approximate surface area is 223 Å². The lowest BCUT2D eigenvalue weighted by Crippen LogP contribution is -2.65. The van der Waals surface area contributed by atoms with Crippen molar-refractivity contribution in [2.45, 2.75) is 43.8 Å². The SMILES string of the molecule is C=CC(=O)N1C2CC(O)CC1CN(c1nc(=O)n3c4c(c(-c5ccc(F)cc5F)c(C(F)(F)F)cc14)OCC3)C2. The van der Waals surface area contributed by atoms with E-state index >= 15 is 0 Å². The Balaban J connectivity index is 1.59. The number of anilines is 1. The zero-order valence-electron chi connectivity index (χ0n) is 20.9. The number of fused-ring (bicyclic) bond motifs is 2. The first-order valence-corrected chi connectivity index (χ1v) is 12.6. The van der Waals surface area contributed by atoms with Gasteiger partial charge in [-0.25, -0.2) is 13.6 Å². The van der Waals surface area contributed by atoms with Crippen molar-refractivity contribution in [3.05, 3.63) is 64.6 Å². The van der Waals surface area contributed by atoms with E-state index in [2.05, 4.69) is 11.6 Å². The van der Waals surface area contributed by atoms with Gasteiger partial charge < -0.3 is 19.6 Å². The molecule has 3 aliphatic rings. The summed E-state index contributed by atoms with van der Waals surface area (Å²) in [5.74, 6) is -2.88. The summed E-state index contributed by atoms with van der Waals surface area (Å²) >= 11 is 0. The molecule has 0 saturated carbocycles. The molecule has 210 valence electrons. The number of carbonyl (C=O) groups is 1. The lowest BCUT2D eigenvalue weighted by molar-refractivity contribution is -0.137. The number of aliphatic hydroxyl groups excluding tert-OH is 1. The summed E-state index contributed by atoms with van der Waals surface area (Å²) in [6.07, 6.45) is -4.01. The minimum Gasteiger partial charge on any atom is -0.489 e. The third-order valence-electron chi connectivity index (χ3n) is 7.73. The Bertz CT molecular complexity index is 1610. The van der Waals surface area contributed by atoms with Gasteiger partial charge in [0, 0.05) is 35.7 Å². The van der Waals surface area contributed by atoms with Gasteiger partial charge in [-0.15, -0.1) is 0 Å². The highest BCUT2D eigenvalue weighted by Gasteiger charge is 2.44. The average molecular weight is 562 g/mol. The molecule has 3 aliphatic heterocycles. The second-order valence-electron chi connectivity index (χ2n) is 10.2. The van der Waals surface area contributed by atoms with Gasteiger partial charge in [0.25, 0.3) is 0 Å². The van der Waals surface area contributed by atoms with Crippen molar-refractivity contribution in [2.24, 2.45) is 0 Å². The fourth-order valence-electron chi connectivity index (χ4n) is 6.20. The number of amides is 1. The number of rotatable bonds is 3. The van der Waals surface area contributed by atoms with Crippen LogP contribution in [0.15, 0.2) is 41.7 Å². The van der Waals surface area contributed by atoms with Crippen LogP contribution in [0.2, 0.25) is 0 Å². The van der Waals surface area contributed by atoms with Crippen LogP contribution in [-0.4, -0.2) is 63.3 Å². The van der Waals surface area contributed by atoms with E-state index in [9.17, 15) is 36.6 Å². The molecule has 0 spiro atoms. The molecule has 2 bridgehead atoms. The largest absolute Gasteiger partial charge is 0.489 e. The second kappa shape index (κ2) is 9.29. The molecule has 2 fully saturated rings. The quantitative estimate of drug-likeness (QED) is 0.389. The Morgan fingerprint density at radius 2 is 1.85 bits per heavy atom. The van der Waals surface area contributed by atoms with Crippen molar-refractivity contribution < 1.29 is 36.6 Å². The van der Waals surface area contributed by atoms with E-state index in [4.69, 9.17) is 4.74 Å². The molecular weight excluding hydrogens is 539 g/mol. The van der Waals surface area contributed by atoms with Crippen LogP contribution in [0.5, 0.6) is 5.75 Å². The Hall–Kier alpha value is -4.00. The molecule has 2 atom stereocenters. The summed E-state index contributed by atoms with van der Waals surface area (Å²) in [6.45, 7) is 3.58. The van der Waals surface area contributed by atoms with Gasteiger partial charge in [-0.3, -0.25) is 9.36 Å². The zero-order valence-corrected chi connectivity index (χ0v) is 20.9. The van der Waals surface area contributed by atoms with Crippen LogP contribution in [0.3, 0.4) is 0 Å². The number of benzene rings is 2. The molecule has 1 N–H and O–H groups in total. The van der Waals surface area contributed by atoms with Crippen LogP contribution >= 0.6 is 0 Å². The third-order valence-corrected chi connectivity index (χ3v) is 7.73. The van der Waals surface area contributed by atoms with Crippen molar-refractivity contribution >= 4 is 22.6 Å². The molecule has 4 heterocycles. The summed E-state index contributed by atoms with van der Waals surface area (Å²) in [6, 6.07) is 2.06. The topological polar surface area (TPSA) is 87.9 Å². The molecule has 2 aromatic carbocycles. The lowest BCUT2D eigenvalue weighted by Gasteiger charge is -2.51. The normalized spacial score (nSPS) is 22.3. The van der Waals surface area contributed by atoms with Crippen LogP contribution in [0, 0.1) is 11.6 Å². The van der Waals surface area contributed by atoms with Gasteiger partial charge in [-0.05, 0) is 37.1 Å². The Morgan fingerprint density at radius 1 is 1.15 bits per heavy atom. The first-order valence-electron chi connectivity index (χ1n) is 12.6. The standard InChI is InChI=1S/C27H23F5N4O4/c1-2-21(38)36-14-8-16(37)9-15(36)12-34(11-14)25-18-10-19(27(30,31)32)22(17-4-3-13(28)7-20(17)29)24-23(18)35(5-6-40-24)26(39)33-25/h2-4,7,10,14-16,37H,1,5-6,8-9,11-12H2. The maximum atomic E-state index is 14.9. The van der Waals surface area contributed by atoms with Crippen molar-refractivity contribution in [1.29, 1.82) is 0 Å². The van der Waals surface area contributed by atoms with Gasteiger partial charge in [-0.1, -0.05) is 6.58 Å². The predicted molar refractivity (Wildman–Crippen MR) is 134 cm³/mol. The minimum absolute atomic E-state index is 0.00533. The highest BCUT2D eigenvalue weighted by atomic mass is 19.4. The molecule has 2 unspecified atom stereocenters. The molecule has 40 heavy (non-hydrogen) atoms. The minimum atomic E-state index is -4.98. The van der Waals surface area contributed by atoms with Crippen LogP contribution < -0.4 is 15.3 Å². The van der Waals surface area contributed by atoms with Gasteiger partial charge in [0.2, 0.25) is 5.91 Å². The fraction of sp³-hybridized carbons (Fsp3) is 0.370.